The monoisotopic (exact) mass is 318 g/mol. The third kappa shape index (κ3) is 2.15. The van der Waals surface area contributed by atoms with Gasteiger partial charge < -0.3 is 0 Å². The normalized spacial score (nSPS) is 11.4. The highest BCUT2D eigenvalue weighted by atomic mass is 14.2. The number of benzene rings is 5. The molecule has 0 spiro atoms. The zero-order valence-corrected chi connectivity index (χ0v) is 14.2. The first-order valence-electron chi connectivity index (χ1n) is 8.72. The zero-order valence-electron chi connectivity index (χ0n) is 14.2. The van der Waals surface area contributed by atoms with Crippen molar-refractivity contribution >= 4 is 32.3 Å². The van der Waals surface area contributed by atoms with Gasteiger partial charge in [-0.3, -0.25) is 0 Å². The summed E-state index contributed by atoms with van der Waals surface area (Å²) in [6.45, 7) is 2.21. The van der Waals surface area contributed by atoms with Crippen LogP contribution in [0.25, 0.3) is 43.4 Å². The smallest absolute Gasteiger partial charge is 0.00265 e. The van der Waals surface area contributed by atoms with E-state index in [2.05, 4.69) is 97.9 Å². The van der Waals surface area contributed by atoms with Crippen LogP contribution in [0.5, 0.6) is 0 Å². The molecule has 0 amide bonds. The minimum absolute atomic E-state index is 1.28. The first-order valence-corrected chi connectivity index (χ1v) is 8.72. The number of hydrogen-bond acceptors (Lipinski definition) is 0. The van der Waals surface area contributed by atoms with E-state index in [1.165, 1.54) is 49.0 Å². The highest BCUT2D eigenvalue weighted by molar-refractivity contribution is 6.20. The molecule has 5 aromatic carbocycles. The number of hydrogen-bond donors (Lipinski definition) is 0. The summed E-state index contributed by atoms with van der Waals surface area (Å²) < 4.78 is 0. The Kier molecular flexibility index (Phi) is 3.11. The van der Waals surface area contributed by atoms with Gasteiger partial charge >= 0.3 is 0 Å². The molecule has 0 N–H and O–H groups in total. The molecule has 118 valence electrons. The molecule has 0 bridgehead atoms. The van der Waals surface area contributed by atoms with Crippen LogP contribution in [0.3, 0.4) is 0 Å². The minimum atomic E-state index is 1.28. The largest absolute Gasteiger partial charge is 0.0622 e. The van der Waals surface area contributed by atoms with Crippen molar-refractivity contribution in [2.75, 3.05) is 0 Å². The summed E-state index contributed by atoms with van der Waals surface area (Å²) >= 11 is 0. The van der Waals surface area contributed by atoms with Crippen LogP contribution in [0.4, 0.5) is 0 Å². The van der Waals surface area contributed by atoms with Crippen molar-refractivity contribution in [3.63, 3.8) is 0 Å². The highest BCUT2D eigenvalue weighted by Crippen LogP contribution is 2.40. The van der Waals surface area contributed by atoms with Gasteiger partial charge in [-0.1, -0.05) is 84.9 Å². The van der Waals surface area contributed by atoms with Gasteiger partial charge in [0, 0.05) is 0 Å². The summed E-state index contributed by atoms with van der Waals surface area (Å²) in [4.78, 5) is 0. The number of rotatable bonds is 1. The van der Waals surface area contributed by atoms with E-state index >= 15 is 0 Å². The van der Waals surface area contributed by atoms with E-state index in [0.29, 0.717) is 0 Å². The van der Waals surface area contributed by atoms with Crippen molar-refractivity contribution in [1.29, 1.82) is 0 Å². The van der Waals surface area contributed by atoms with E-state index < -0.39 is 0 Å². The molecule has 0 saturated carbocycles. The van der Waals surface area contributed by atoms with Crippen molar-refractivity contribution in [3.8, 4) is 11.1 Å². The second-order valence-corrected chi connectivity index (χ2v) is 6.67. The molecule has 5 aromatic rings. The van der Waals surface area contributed by atoms with Crippen molar-refractivity contribution in [1.82, 2.24) is 0 Å². The van der Waals surface area contributed by atoms with Crippen LogP contribution < -0.4 is 0 Å². The molecule has 0 saturated heterocycles. The topological polar surface area (TPSA) is 0 Å². The summed E-state index contributed by atoms with van der Waals surface area (Å²) in [5.74, 6) is 0. The van der Waals surface area contributed by atoms with Gasteiger partial charge in [0.15, 0.2) is 0 Å². The molecule has 0 heterocycles. The first-order chi connectivity index (χ1) is 12.3. The molecule has 25 heavy (non-hydrogen) atoms. The third-order valence-corrected chi connectivity index (χ3v) is 5.15. The standard InChI is InChI=1S/C25H18/c1-17-15-24-23(22-14-8-7-12-20(17)22)16-19-11-5-6-13-21(19)25(24)18-9-3-2-4-10-18/h2-16H,1H3. The van der Waals surface area contributed by atoms with Crippen molar-refractivity contribution in [3.05, 3.63) is 96.6 Å². The van der Waals surface area contributed by atoms with E-state index in [4.69, 9.17) is 0 Å². The maximum Gasteiger partial charge on any atom is -0.00265 e. The third-order valence-electron chi connectivity index (χ3n) is 5.15. The van der Waals surface area contributed by atoms with Gasteiger partial charge in [-0.25, -0.2) is 0 Å². The molecule has 0 aliphatic heterocycles. The van der Waals surface area contributed by atoms with Gasteiger partial charge in [-0.2, -0.15) is 0 Å². The molecule has 0 aromatic heterocycles. The van der Waals surface area contributed by atoms with Gasteiger partial charge in [-0.15, -0.1) is 0 Å². The molecular weight excluding hydrogens is 300 g/mol. The Bertz CT molecular complexity index is 1230. The average molecular weight is 318 g/mol. The van der Waals surface area contributed by atoms with Crippen LogP contribution in [0.15, 0.2) is 91.0 Å². The van der Waals surface area contributed by atoms with Crippen molar-refractivity contribution in [2.24, 2.45) is 0 Å². The minimum Gasteiger partial charge on any atom is -0.0622 e. The van der Waals surface area contributed by atoms with E-state index in [1.807, 2.05) is 0 Å². The van der Waals surface area contributed by atoms with Gasteiger partial charge in [0.25, 0.3) is 0 Å². The van der Waals surface area contributed by atoms with Crippen molar-refractivity contribution in [2.45, 2.75) is 6.92 Å². The summed E-state index contributed by atoms with van der Waals surface area (Å²) in [5, 5.41) is 7.95. The van der Waals surface area contributed by atoms with E-state index in [1.54, 1.807) is 0 Å². The summed E-state index contributed by atoms with van der Waals surface area (Å²) in [5.41, 5.74) is 3.94. The molecule has 0 atom stereocenters. The average Bonchev–Trinajstić information content (AvgIpc) is 2.67. The Labute approximate surface area is 147 Å². The molecule has 0 unspecified atom stereocenters. The summed E-state index contributed by atoms with van der Waals surface area (Å²) in [6.07, 6.45) is 0. The van der Waals surface area contributed by atoms with Gasteiger partial charge in [0.1, 0.15) is 0 Å². The molecule has 0 nitrogen and oxygen atoms in total. The SMILES string of the molecule is Cc1cc2c(-c3ccccc3)c3ccccc3cc2c2ccccc12. The lowest BCUT2D eigenvalue weighted by Crippen LogP contribution is -1.88. The van der Waals surface area contributed by atoms with Crippen LogP contribution >= 0.6 is 0 Å². The fraction of sp³-hybridized carbons (Fsp3) is 0.0400. The molecule has 0 fully saturated rings. The van der Waals surface area contributed by atoms with Crippen LogP contribution in [-0.4, -0.2) is 0 Å². The predicted molar refractivity (Wildman–Crippen MR) is 109 cm³/mol. The lowest BCUT2D eigenvalue weighted by atomic mass is 9.88. The predicted octanol–water partition coefficient (Wildman–Crippen LogP) is 7.12. The second kappa shape index (κ2) is 5.46. The van der Waals surface area contributed by atoms with Crippen LogP contribution in [0, 0.1) is 6.92 Å². The van der Waals surface area contributed by atoms with Gasteiger partial charge in [0.05, 0.1) is 0 Å². The molecule has 0 radical (unpaired) electrons. The van der Waals surface area contributed by atoms with E-state index in [-0.39, 0.29) is 0 Å². The highest BCUT2D eigenvalue weighted by Gasteiger charge is 2.12. The summed E-state index contributed by atoms with van der Waals surface area (Å²) in [6, 6.07) is 32.9. The Hall–Kier alpha value is -3.12. The molecule has 5 rings (SSSR count). The van der Waals surface area contributed by atoms with Crippen molar-refractivity contribution < 1.29 is 0 Å². The van der Waals surface area contributed by atoms with Crippen LogP contribution in [0.2, 0.25) is 0 Å². The zero-order chi connectivity index (χ0) is 16.8. The Balaban J connectivity index is 2.08. The fourth-order valence-electron chi connectivity index (χ4n) is 4.01. The quantitative estimate of drug-likeness (QED) is 0.228. The molecular formula is C25H18. The molecule has 0 aliphatic rings. The van der Waals surface area contributed by atoms with E-state index in [0.717, 1.165) is 0 Å². The van der Waals surface area contributed by atoms with E-state index in [9.17, 15) is 0 Å². The fourth-order valence-corrected chi connectivity index (χ4v) is 4.01. The Morgan fingerprint density at radius 1 is 0.480 bits per heavy atom. The van der Waals surface area contributed by atoms with Gasteiger partial charge in [-0.05, 0) is 62.0 Å². The molecule has 0 heteroatoms. The maximum absolute atomic E-state index is 2.35. The van der Waals surface area contributed by atoms with Crippen LogP contribution in [-0.2, 0) is 0 Å². The Morgan fingerprint density at radius 2 is 1.12 bits per heavy atom. The van der Waals surface area contributed by atoms with Crippen LogP contribution in [0.1, 0.15) is 5.56 Å². The maximum atomic E-state index is 2.35. The van der Waals surface area contributed by atoms with Gasteiger partial charge in [0.2, 0.25) is 0 Å². The number of fused-ring (bicyclic) bond motifs is 4. The second-order valence-electron chi connectivity index (χ2n) is 6.67. The molecule has 0 aliphatic carbocycles. The Morgan fingerprint density at radius 3 is 1.92 bits per heavy atom. The lowest BCUT2D eigenvalue weighted by molar-refractivity contribution is 1.56. The summed E-state index contributed by atoms with van der Waals surface area (Å²) in [7, 11) is 0. The lowest BCUT2D eigenvalue weighted by Gasteiger charge is -2.15. The number of aryl methyl sites for hydroxylation is 1. The first kappa shape index (κ1) is 14.2.